The smallest absolute Gasteiger partial charge is 0.269 e. The monoisotopic (exact) mass is 460 g/mol. The van der Waals surface area contributed by atoms with Crippen LogP contribution in [-0.4, -0.2) is 29.0 Å². The van der Waals surface area contributed by atoms with Crippen molar-refractivity contribution in [2.75, 3.05) is 6.54 Å². The normalized spacial score (nSPS) is 17.9. The van der Waals surface area contributed by atoms with E-state index in [2.05, 4.69) is 10.3 Å². The van der Waals surface area contributed by atoms with E-state index in [1.165, 1.54) is 0 Å². The van der Waals surface area contributed by atoms with Crippen LogP contribution in [0.4, 0.5) is 0 Å². The summed E-state index contributed by atoms with van der Waals surface area (Å²) in [5, 5.41) is 3.45. The number of ketones is 2. The maximum Gasteiger partial charge on any atom is 0.269 e. The van der Waals surface area contributed by atoms with Gasteiger partial charge >= 0.3 is 0 Å². The Labute approximate surface area is 198 Å². The first kappa shape index (κ1) is 22.9. The second-order valence-corrected chi connectivity index (χ2v) is 8.93. The first-order chi connectivity index (χ1) is 15.8. The van der Waals surface area contributed by atoms with Gasteiger partial charge in [0.1, 0.15) is 17.4 Å². The number of hydrogen-bond acceptors (Lipinski definition) is 4. The third-order valence-electron chi connectivity index (χ3n) is 6.17. The summed E-state index contributed by atoms with van der Waals surface area (Å²) in [7, 11) is 0. The van der Waals surface area contributed by atoms with E-state index in [0.717, 1.165) is 27.8 Å². The molecular formula is C27H25ClN2O3. The molecule has 1 fully saturated rings. The third-order valence-corrected chi connectivity index (χ3v) is 6.41. The fraction of sp³-hybridized carbons (Fsp3) is 0.259. The van der Waals surface area contributed by atoms with Crippen LogP contribution in [0.15, 0.2) is 60.8 Å². The van der Waals surface area contributed by atoms with Crippen LogP contribution in [0.2, 0.25) is 5.02 Å². The lowest BCUT2D eigenvalue weighted by Crippen LogP contribution is -2.27. The Morgan fingerprint density at radius 2 is 1.79 bits per heavy atom. The van der Waals surface area contributed by atoms with Crippen molar-refractivity contribution in [2.24, 2.45) is 5.92 Å². The molecule has 1 amide bonds. The Bertz CT molecular complexity index is 1200. The number of amides is 1. The number of hydrogen-bond donors (Lipinski definition) is 1. The summed E-state index contributed by atoms with van der Waals surface area (Å²) >= 11 is 6.14. The van der Waals surface area contributed by atoms with Crippen molar-refractivity contribution >= 4 is 29.1 Å². The standard InChI is InChI=1S/C27H25ClN2O3/c1-16-12-20(18-6-5-7-21(28)14-18)13-17(2)24(16)25-23(31)15-19(26(25)32)9-11-30-27(33)22-8-3-4-10-29-22/h3-8,10,12-14,19,25H,9,11,15H2,1-2H3,(H,30,33). The minimum atomic E-state index is -0.741. The molecule has 2 aromatic carbocycles. The van der Waals surface area contributed by atoms with Gasteiger partial charge in [-0.3, -0.25) is 19.4 Å². The van der Waals surface area contributed by atoms with E-state index in [0.29, 0.717) is 23.7 Å². The van der Waals surface area contributed by atoms with E-state index < -0.39 is 11.8 Å². The second kappa shape index (κ2) is 9.67. The molecule has 6 heteroatoms. The predicted octanol–water partition coefficient (Wildman–Crippen LogP) is 5.08. The van der Waals surface area contributed by atoms with Gasteiger partial charge in [0, 0.05) is 30.1 Å². The first-order valence-electron chi connectivity index (χ1n) is 11.0. The SMILES string of the molecule is Cc1cc(-c2cccc(Cl)c2)cc(C)c1C1C(=O)CC(CCNC(=O)c2ccccn2)C1=O. The summed E-state index contributed by atoms with van der Waals surface area (Å²) in [5.74, 6) is -1.53. The van der Waals surface area contributed by atoms with Crippen molar-refractivity contribution in [3.8, 4) is 11.1 Å². The van der Waals surface area contributed by atoms with Gasteiger partial charge in [-0.05, 0) is 72.4 Å². The third kappa shape index (κ3) is 4.88. The summed E-state index contributed by atoms with van der Waals surface area (Å²) in [4.78, 5) is 42.3. The van der Waals surface area contributed by atoms with E-state index >= 15 is 0 Å². The van der Waals surface area contributed by atoms with Crippen LogP contribution in [0.5, 0.6) is 0 Å². The Kier molecular flexibility index (Phi) is 6.70. The van der Waals surface area contributed by atoms with Crippen LogP contribution in [0.1, 0.15) is 45.9 Å². The van der Waals surface area contributed by atoms with Crippen molar-refractivity contribution in [1.29, 1.82) is 0 Å². The number of Topliss-reactive ketones (excluding diaryl/α,β-unsaturated/α-hetero) is 2. The molecule has 0 spiro atoms. The first-order valence-corrected chi connectivity index (χ1v) is 11.4. The lowest BCUT2D eigenvalue weighted by atomic mass is 9.85. The van der Waals surface area contributed by atoms with E-state index in [1.54, 1.807) is 24.4 Å². The molecule has 2 unspecified atom stereocenters. The van der Waals surface area contributed by atoms with Crippen LogP contribution >= 0.6 is 11.6 Å². The molecule has 2 atom stereocenters. The van der Waals surface area contributed by atoms with Crippen LogP contribution in [0.3, 0.4) is 0 Å². The Balaban J connectivity index is 1.47. The van der Waals surface area contributed by atoms with E-state index in [1.807, 2.05) is 50.2 Å². The zero-order valence-electron chi connectivity index (χ0n) is 18.6. The molecule has 1 aromatic heterocycles. The molecule has 1 aliphatic rings. The van der Waals surface area contributed by atoms with Gasteiger partial charge in [0.05, 0.1) is 0 Å². The van der Waals surface area contributed by atoms with Crippen molar-refractivity contribution in [2.45, 2.75) is 32.6 Å². The van der Waals surface area contributed by atoms with Gasteiger partial charge < -0.3 is 5.32 Å². The number of halogens is 1. The second-order valence-electron chi connectivity index (χ2n) is 8.50. The molecule has 0 saturated heterocycles. The number of aryl methyl sites for hydroxylation is 2. The summed E-state index contributed by atoms with van der Waals surface area (Å²) in [6.07, 6.45) is 2.19. The fourth-order valence-electron chi connectivity index (χ4n) is 4.62. The number of carbonyl (C=O) groups excluding carboxylic acids is 3. The van der Waals surface area contributed by atoms with Gasteiger partial charge in [-0.1, -0.05) is 41.9 Å². The maximum absolute atomic E-state index is 13.2. The number of rotatable bonds is 6. The van der Waals surface area contributed by atoms with Crippen molar-refractivity contribution < 1.29 is 14.4 Å². The molecule has 168 valence electrons. The topological polar surface area (TPSA) is 76.1 Å². The van der Waals surface area contributed by atoms with Gasteiger partial charge in [-0.15, -0.1) is 0 Å². The summed E-state index contributed by atoms with van der Waals surface area (Å²) in [6, 6.07) is 16.8. The van der Waals surface area contributed by atoms with E-state index in [-0.39, 0.29) is 23.9 Å². The van der Waals surface area contributed by atoms with Gasteiger partial charge in [0.25, 0.3) is 5.91 Å². The maximum atomic E-state index is 13.2. The highest BCUT2D eigenvalue weighted by atomic mass is 35.5. The minimum Gasteiger partial charge on any atom is -0.351 e. The zero-order chi connectivity index (χ0) is 23.5. The Morgan fingerprint density at radius 1 is 1.03 bits per heavy atom. The van der Waals surface area contributed by atoms with Crippen LogP contribution in [-0.2, 0) is 9.59 Å². The highest BCUT2D eigenvalue weighted by molar-refractivity contribution is 6.30. The molecule has 0 bridgehead atoms. The lowest BCUT2D eigenvalue weighted by molar-refractivity contribution is -0.124. The molecule has 33 heavy (non-hydrogen) atoms. The molecule has 1 aliphatic carbocycles. The van der Waals surface area contributed by atoms with Crippen LogP contribution in [0.25, 0.3) is 11.1 Å². The predicted molar refractivity (Wildman–Crippen MR) is 128 cm³/mol. The van der Waals surface area contributed by atoms with Gasteiger partial charge in [-0.25, -0.2) is 0 Å². The molecule has 1 N–H and O–H groups in total. The Hall–Kier alpha value is -3.31. The van der Waals surface area contributed by atoms with Gasteiger partial charge in [-0.2, -0.15) is 0 Å². The highest BCUT2D eigenvalue weighted by Crippen LogP contribution is 2.38. The molecule has 0 radical (unpaired) electrons. The molecule has 0 aliphatic heterocycles. The van der Waals surface area contributed by atoms with E-state index in [4.69, 9.17) is 11.6 Å². The molecule has 3 aromatic rings. The number of pyridine rings is 1. The minimum absolute atomic E-state index is 0.0530. The summed E-state index contributed by atoms with van der Waals surface area (Å²) in [6.45, 7) is 4.20. The van der Waals surface area contributed by atoms with Gasteiger partial charge in [0.2, 0.25) is 0 Å². The molecule has 5 nitrogen and oxygen atoms in total. The fourth-order valence-corrected chi connectivity index (χ4v) is 4.81. The largest absolute Gasteiger partial charge is 0.351 e. The highest BCUT2D eigenvalue weighted by Gasteiger charge is 2.42. The molecule has 1 heterocycles. The van der Waals surface area contributed by atoms with Crippen molar-refractivity contribution in [1.82, 2.24) is 10.3 Å². The lowest BCUT2D eigenvalue weighted by Gasteiger charge is -2.17. The number of carbonyl (C=O) groups is 3. The average Bonchev–Trinajstić information content (AvgIpc) is 3.07. The van der Waals surface area contributed by atoms with Crippen molar-refractivity contribution in [3.63, 3.8) is 0 Å². The van der Waals surface area contributed by atoms with E-state index in [9.17, 15) is 14.4 Å². The van der Waals surface area contributed by atoms with Crippen LogP contribution < -0.4 is 5.32 Å². The van der Waals surface area contributed by atoms with Crippen LogP contribution in [0, 0.1) is 19.8 Å². The molecular weight excluding hydrogens is 436 g/mol. The Morgan fingerprint density at radius 3 is 2.45 bits per heavy atom. The summed E-state index contributed by atoms with van der Waals surface area (Å²) < 4.78 is 0. The zero-order valence-corrected chi connectivity index (χ0v) is 19.4. The average molecular weight is 461 g/mol. The summed E-state index contributed by atoms with van der Waals surface area (Å²) in [5.41, 5.74) is 4.96. The molecule has 1 saturated carbocycles. The number of nitrogens with zero attached hydrogens (tertiary/aromatic N) is 1. The number of nitrogens with one attached hydrogen (secondary N) is 1. The van der Waals surface area contributed by atoms with Crippen molar-refractivity contribution in [3.05, 3.63) is 88.2 Å². The quantitative estimate of drug-likeness (QED) is 0.520. The number of benzene rings is 2. The number of aromatic nitrogens is 1. The van der Waals surface area contributed by atoms with Gasteiger partial charge in [0.15, 0.2) is 5.78 Å². The molecule has 4 rings (SSSR count).